The quantitative estimate of drug-likeness (QED) is 0.433. The lowest BCUT2D eigenvalue weighted by Crippen LogP contribution is -2.14. The number of para-hydroxylation sites is 1. The van der Waals surface area contributed by atoms with E-state index in [4.69, 9.17) is 32.7 Å². The molecule has 0 saturated heterocycles. The number of ether oxygens (including phenoxy) is 2. The minimum atomic E-state index is -1.01. The number of rotatable bonds is 7. The summed E-state index contributed by atoms with van der Waals surface area (Å²) < 4.78 is 11.6. The molecular formula is C24H23Cl2NO3. The second kappa shape index (κ2) is 9.12. The maximum Gasteiger partial charge on any atom is 0.311 e. The molecule has 2 aromatic carbocycles. The highest BCUT2D eigenvalue weighted by Gasteiger charge is 2.62. The van der Waals surface area contributed by atoms with Crippen molar-refractivity contribution < 1.29 is 14.3 Å². The van der Waals surface area contributed by atoms with E-state index >= 15 is 0 Å². The molecule has 1 unspecified atom stereocenters. The van der Waals surface area contributed by atoms with Crippen molar-refractivity contribution in [1.29, 1.82) is 5.26 Å². The zero-order valence-corrected chi connectivity index (χ0v) is 18.6. The summed E-state index contributed by atoms with van der Waals surface area (Å²) in [5.41, 5.74) is 1.17. The maximum absolute atomic E-state index is 12.8. The smallest absolute Gasteiger partial charge is 0.311 e. The van der Waals surface area contributed by atoms with Crippen molar-refractivity contribution in [3.05, 3.63) is 70.2 Å². The maximum atomic E-state index is 12.8. The first kappa shape index (κ1) is 22.2. The van der Waals surface area contributed by atoms with Crippen molar-refractivity contribution in [1.82, 2.24) is 0 Å². The summed E-state index contributed by atoms with van der Waals surface area (Å²) in [6.45, 7) is 5.87. The van der Waals surface area contributed by atoms with Crippen molar-refractivity contribution >= 4 is 29.2 Å². The Labute approximate surface area is 187 Å². The predicted octanol–water partition coefficient (Wildman–Crippen LogP) is 6.96. The van der Waals surface area contributed by atoms with Gasteiger partial charge >= 0.3 is 5.97 Å². The predicted molar refractivity (Wildman–Crippen MR) is 117 cm³/mol. The third-order valence-corrected chi connectivity index (χ3v) is 6.29. The van der Waals surface area contributed by atoms with Crippen LogP contribution in [0.25, 0.3) is 0 Å². The SMILES string of the molecule is CC(C[C@H]1[C@@H](C(=O)OC(C#N)c2cccc(Oc3ccccc3)c2)C1(C)C)=C(Cl)Cl. The second-order valence-corrected chi connectivity index (χ2v) is 9.03. The van der Waals surface area contributed by atoms with Crippen LogP contribution in [-0.4, -0.2) is 5.97 Å². The Kier molecular flexibility index (Phi) is 6.75. The van der Waals surface area contributed by atoms with Gasteiger partial charge in [0.05, 0.1) is 5.92 Å². The fraction of sp³-hybridized carbons (Fsp3) is 0.333. The fourth-order valence-corrected chi connectivity index (χ4v) is 3.88. The average molecular weight is 444 g/mol. The van der Waals surface area contributed by atoms with Crippen LogP contribution in [0.2, 0.25) is 0 Å². The van der Waals surface area contributed by atoms with Gasteiger partial charge in [0.25, 0.3) is 0 Å². The molecule has 1 saturated carbocycles. The number of carbonyl (C=O) groups excluding carboxylic acids is 1. The zero-order valence-electron chi connectivity index (χ0n) is 17.1. The molecule has 0 heterocycles. The Morgan fingerprint density at radius 1 is 1.13 bits per heavy atom. The number of nitrogens with zero attached hydrogens (tertiary/aromatic N) is 1. The van der Waals surface area contributed by atoms with Crippen LogP contribution in [-0.2, 0) is 9.53 Å². The number of esters is 1. The van der Waals surface area contributed by atoms with Crippen molar-refractivity contribution in [3.8, 4) is 17.6 Å². The molecule has 0 aromatic heterocycles. The van der Waals surface area contributed by atoms with Crippen LogP contribution in [0.3, 0.4) is 0 Å². The molecule has 3 atom stereocenters. The molecule has 4 nitrogen and oxygen atoms in total. The Morgan fingerprint density at radius 3 is 2.43 bits per heavy atom. The first-order chi connectivity index (χ1) is 14.2. The summed E-state index contributed by atoms with van der Waals surface area (Å²) in [5.74, 6) is 0.634. The van der Waals surface area contributed by atoms with Gasteiger partial charge in [-0.1, -0.05) is 67.4 Å². The molecule has 3 rings (SSSR count). The van der Waals surface area contributed by atoms with Crippen LogP contribution in [0.5, 0.6) is 11.5 Å². The van der Waals surface area contributed by atoms with Crippen LogP contribution in [0, 0.1) is 28.6 Å². The molecule has 0 N–H and O–H groups in total. The topological polar surface area (TPSA) is 59.3 Å². The van der Waals surface area contributed by atoms with Crippen LogP contribution < -0.4 is 4.74 Å². The molecule has 1 aliphatic carbocycles. The molecule has 0 amide bonds. The largest absolute Gasteiger partial charge is 0.457 e. The summed E-state index contributed by atoms with van der Waals surface area (Å²) in [4.78, 5) is 12.8. The van der Waals surface area contributed by atoms with Crippen molar-refractivity contribution in [2.75, 3.05) is 0 Å². The van der Waals surface area contributed by atoms with Gasteiger partial charge in [-0.05, 0) is 54.5 Å². The van der Waals surface area contributed by atoms with Crippen LogP contribution in [0.4, 0.5) is 0 Å². The Bertz CT molecular complexity index is 991. The minimum absolute atomic E-state index is 0.0737. The average Bonchev–Trinajstić information content (AvgIpc) is 3.26. The molecular weight excluding hydrogens is 421 g/mol. The van der Waals surface area contributed by atoms with E-state index in [9.17, 15) is 10.1 Å². The summed E-state index contributed by atoms with van der Waals surface area (Å²) in [6.07, 6.45) is -0.394. The fourth-order valence-electron chi connectivity index (χ4n) is 3.72. The first-order valence-corrected chi connectivity index (χ1v) is 10.4. The second-order valence-electron chi connectivity index (χ2n) is 8.08. The normalized spacial score (nSPS) is 19.9. The number of benzene rings is 2. The van der Waals surface area contributed by atoms with E-state index in [1.165, 1.54) is 0 Å². The van der Waals surface area contributed by atoms with Crippen LogP contribution in [0.1, 0.15) is 38.9 Å². The first-order valence-electron chi connectivity index (χ1n) is 9.67. The van der Waals surface area contributed by atoms with E-state index in [-0.39, 0.29) is 27.7 Å². The van der Waals surface area contributed by atoms with E-state index in [1.54, 1.807) is 24.3 Å². The van der Waals surface area contributed by atoms with Gasteiger partial charge in [-0.25, -0.2) is 0 Å². The lowest BCUT2D eigenvalue weighted by atomic mass is 10.0. The van der Waals surface area contributed by atoms with Gasteiger partial charge in [0.15, 0.2) is 0 Å². The third-order valence-electron chi connectivity index (χ3n) is 5.64. The highest BCUT2D eigenvalue weighted by molar-refractivity contribution is 6.56. The van der Waals surface area contributed by atoms with Gasteiger partial charge in [0, 0.05) is 5.56 Å². The Balaban J connectivity index is 1.70. The zero-order chi connectivity index (χ0) is 21.9. The highest BCUT2D eigenvalue weighted by atomic mass is 35.5. The van der Waals surface area contributed by atoms with Gasteiger partial charge in [-0.15, -0.1) is 0 Å². The lowest BCUT2D eigenvalue weighted by Gasteiger charge is -2.13. The summed E-state index contributed by atoms with van der Waals surface area (Å²) in [6, 6.07) is 18.4. The number of halogens is 2. The molecule has 6 heteroatoms. The van der Waals surface area contributed by atoms with Gasteiger partial charge in [-0.3, -0.25) is 4.79 Å². The lowest BCUT2D eigenvalue weighted by molar-refractivity contribution is -0.149. The van der Waals surface area contributed by atoms with Crippen LogP contribution >= 0.6 is 23.2 Å². The van der Waals surface area contributed by atoms with E-state index in [0.29, 0.717) is 23.5 Å². The van der Waals surface area contributed by atoms with Gasteiger partial charge in [0.2, 0.25) is 6.10 Å². The molecule has 2 aromatic rings. The minimum Gasteiger partial charge on any atom is -0.457 e. The van der Waals surface area contributed by atoms with Crippen molar-refractivity contribution in [2.45, 2.75) is 33.3 Å². The van der Waals surface area contributed by atoms with Gasteiger partial charge in [0.1, 0.15) is 22.1 Å². The molecule has 0 bridgehead atoms. The van der Waals surface area contributed by atoms with Crippen molar-refractivity contribution in [2.24, 2.45) is 17.3 Å². The summed E-state index contributed by atoms with van der Waals surface area (Å²) >= 11 is 11.7. The van der Waals surface area contributed by atoms with Crippen molar-refractivity contribution in [3.63, 3.8) is 0 Å². The number of carbonyl (C=O) groups is 1. The molecule has 1 aliphatic rings. The van der Waals surface area contributed by atoms with E-state index in [1.807, 2.05) is 51.1 Å². The van der Waals surface area contributed by atoms with Gasteiger partial charge < -0.3 is 9.47 Å². The van der Waals surface area contributed by atoms with E-state index < -0.39 is 6.10 Å². The molecule has 0 spiro atoms. The molecule has 30 heavy (non-hydrogen) atoms. The standard InChI is InChI=1S/C24H23Cl2NO3/c1-15(22(25)26)12-19-21(24(19,2)3)23(28)30-20(14-27)16-8-7-11-18(13-16)29-17-9-5-4-6-10-17/h4-11,13,19-21H,12H2,1-3H3/t19-,20?,21-/m0/s1. The molecule has 156 valence electrons. The summed E-state index contributed by atoms with van der Waals surface area (Å²) in [5, 5.41) is 9.61. The molecule has 0 radical (unpaired) electrons. The number of nitriles is 1. The number of hydrogen-bond donors (Lipinski definition) is 0. The third kappa shape index (κ3) is 4.98. The Morgan fingerprint density at radius 2 is 1.80 bits per heavy atom. The van der Waals surface area contributed by atoms with Gasteiger partial charge in [-0.2, -0.15) is 5.26 Å². The van der Waals surface area contributed by atoms with E-state index in [0.717, 1.165) is 5.57 Å². The molecule has 1 fully saturated rings. The number of allylic oxidation sites excluding steroid dienone is 1. The molecule has 0 aliphatic heterocycles. The monoisotopic (exact) mass is 443 g/mol. The number of hydrogen-bond acceptors (Lipinski definition) is 4. The van der Waals surface area contributed by atoms with Crippen LogP contribution in [0.15, 0.2) is 64.7 Å². The highest BCUT2D eigenvalue weighted by Crippen LogP contribution is 2.61. The van der Waals surface area contributed by atoms with E-state index in [2.05, 4.69) is 6.07 Å². The Hall–Kier alpha value is -2.48. The summed E-state index contributed by atoms with van der Waals surface area (Å²) in [7, 11) is 0.